The quantitative estimate of drug-likeness (QED) is 0.407. The summed E-state index contributed by atoms with van der Waals surface area (Å²) >= 11 is 6.00. The van der Waals surface area contributed by atoms with Gasteiger partial charge in [-0.3, -0.25) is 9.69 Å². The Morgan fingerprint density at radius 2 is 1.94 bits per heavy atom. The Morgan fingerprint density at radius 3 is 2.64 bits per heavy atom. The maximum atomic E-state index is 12.4. The van der Waals surface area contributed by atoms with E-state index in [1.54, 1.807) is 31.4 Å². The van der Waals surface area contributed by atoms with Crippen LogP contribution in [0.3, 0.4) is 0 Å². The van der Waals surface area contributed by atoms with Crippen molar-refractivity contribution in [1.29, 1.82) is 0 Å². The first kappa shape index (κ1) is 25.1. The lowest BCUT2D eigenvalue weighted by Gasteiger charge is -2.37. The maximum Gasteiger partial charge on any atom is 0.248 e. The van der Waals surface area contributed by atoms with Gasteiger partial charge in [-0.25, -0.2) is 0 Å². The van der Waals surface area contributed by atoms with Gasteiger partial charge in [-0.05, 0) is 62.6 Å². The average molecular weight is 471 g/mol. The van der Waals surface area contributed by atoms with Gasteiger partial charge in [0.25, 0.3) is 0 Å². The van der Waals surface area contributed by atoms with Crippen LogP contribution in [0.4, 0.5) is 5.69 Å². The van der Waals surface area contributed by atoms with Gasteiger partial charge in [-0.1, -0.05) is 43.0 Å². The molecule has 33 heavy (non-hydrogen) atoms. The predicted octanol–water partition coefficient (Wildman–Crippen LogP) is 6.42. The molecule has 0 aromatic heterocycles. The molecule has 5 nitrogen and oxygen atoms in total. The van der Waals surface area contributed by atoms with E-state index in [1.165, 1.54) is 38.2 Å². The molecule has 2 aromatic rings. The standard InChI is InChI=1S/C27H35ClN2O3/c1-20(2)30(24-10-5-4-6-11-24)16-17-33-26-19-23(13-14-25(26)32-3)29-27(31)15-12-21-8-7-9-22(28)18-21/h7-9,12-15,18-20,24H,4-6,10-11,16-17H2,1-3H3,(H,29,31). The number of nitrogens with one attached hydrogen (secondary N) is 1. The van der Waals surface area contributed by atoms with Gasteiger partial charge in [-0.15, -0.1) is 0 Å². The second-order valence-electron chi connectivity index (χ2n) is 8.72. The van der Waals surface area contributed by atoms with E-state index in [2.05, 4.69) is 24.1 Å². The first-order valence-corrected chi connectivity index (χ1v) is 12.2. The molecule has 1 aliphatic carbocycles. The number of anilines is 1. The molecule has 1 amide bonds. The largest absolute Gasteiger partial charge is 0.493 e. The number of rotatable bonds is 10. The van der Waals surface area contributed by atoms with Gasteiger partial charge in [0.05, 0.1) is 7.11 Å². The Bertz CT molecular complexity index is 939. The number of ether oxygens (including phenoxy) is 2. The molecule has 0 spiro atoms. The zero-order chi connectivity index (χ0) is 23.6. The van der Waals surface area contributed by atoms with Crippen LogP contribution in [-0.2, 0) is 4.79 Å². The van der Waals surface area contributed by atoms with E-state index in [0.29, 0.717) is 40.9 Å². The van der Waals surface area contributed by atoms with Crippen molar-refractivity contribution in [2.24, 2.45) is 0 Å². The summed E-state index contributed by atoms with van der Waals surface area (Å²) in [5.41, 5.74) is 1.52. The molecule has 1 saturated carbocycles. The first-order valence-electron chi connectivity index (χ1n) is 11.8. The van der Waals surface area contributed by atoms with Crippen LogP contribution in [0, 0.1) is 0 Å². The monoisotopic (exact) mass is 470 g/mol. The van der Waals surface area contributed by atoms with Crippen LogP contribution in [0.2, 0.25) is 5.02 Å². The van der Waals surface area contributed by atoms with Gasteiger partial charge < -0.3 is 14.8 Å². The van der Waals surface area contributed by atoms with Crippen molar-refractivity contribution in [3.63, 3.8) is 0 Å². The number of methoxy groups -OCH3 is 1. The number of amides is 1. The number of nitrogens with zero attached hydrogens (tertiary/aromatic N) is 1. The summed E-state index contributed by atoms with van der Waals surface area (Å²) in [7, 11) is 1.62. The van der Waals surface area contributed by atoms with Crippen LogP contribution in [0.1, 0.15) is 51.5 Å². The number of hydrogen-bond donors (Lipinski definition) is 1. The van der Waals surface area contributed by atoms with E-state index >= 15 is 0 Å². The summed E-state index contributed by atoms with van der Waals surface area (Å²) < 4.78 is 11.6. The van der Waals surface area contributed by atoms with Crippen molar-refractivity contribution in [2.45, 2.75) is 58.0 Å². The lowest BCUT2D eigenvalue weighted by atomic mass is 9.93. The molecule has 3 rings (SSSR count). The van der Waals surface area contributed by atoms with Crippen LogP contribution in [-0.4, -0.2) is 43.2 Å². The van der Waals surface area contributed by atoms with Crippen LogP contribution in [0.25, 0.3) is 6.08 Å². The number of hydrogen-bond acceptors (Lipinski definition) is 4. The zero-order valence-corrected chi connectivity index (χ0v) is 20.6. The molecule has 178 valence electrons. The summed E-state index contributed by atoms with van der Waals surface area (Å²) in [6, 6.07) is 13.9. The molecular weight excluding hydrogens is 436 g/mol. The molecule has 6 heteroatoms. The fraction of sp³-hybridized carbons (Fsp3) is 0.444. The third-order valence-electron chi connectivity index (χ3n) is 6.02. The molecule has 0 radical (unpaired) electrons. The highest BCUT2D eigenvalue weighted by atomic mass is 35.5. The Hall–Kier alpha value is -2.50. The Balaban J connectivity index is 1.59. The van der Waals surface area contributed by atoms with Gasteiger partial charge >= 0.3 is 0 Å². The third-order valence-corrected chi connectivity index (χ3v) is 6.26. The minimum Gasteiger partial charge on any atom is -0.493 e. The van der Waals surface area contributed by atoms with Crippen molar-refractivity contribution in [2.75, 3.05) is 25.6 Å². The van der Waals surface area contributed by atoms with E-state index in [-0.39, 0.29) is 5.91 Å². The molecule has 2 aromatic carbocycles. The Morgan fingerprint density at radius 1 is 1.15 bits per heavy atom. The van der Waals surface area contributed by atoms with Crippen molar-refractivity contribution >= 4 is 29.3 Å². The lowest BCUT2D eigenvalue weighted by Crippen LogP contribution is -2.43. The number of carbonyl (C=O) groups is 1. The molecule has 0 saturated heterocycles. The minimum absolute atomic E-state index is 0.227. The molecule has 1 fully saturated rings. The summed E-state index contributed by atoms with van der Waals surface area (Å²) in [6.07, 6.45) is 9.74. The molecular formula is C27H35ClN2O3. The van der Waals surface area contributed by atoms with E-state index in [0.717, 1.165) is 12.1 Å². The van der Waals surface area contributed by atoms with Gasteiger partial charge in [-0.2, -0.15) is 0 Å². The molecule has 0 aliphatic heterocycles. The van der Waals surface area contributed by atoms with Crippen molar-refractivity contribution in [3.8, 4) is 11.5 Å². The van der Waals surface area contributed by atoms with E-state index in [4.69, 9.17) is 21.1 Å². The van der Waals surface area contributed by atoms with Crippen molar-refractivity contribution in [3.05, 3.63) is 59.1 Å². The first-order chi connectivity index (χ1) is 16.0. The second kappa shape index (κ2) is 12.7. The van der Waals surface area contributed by atoms with Crippen molar-refractivity contribution in [1.82, 2.24) is 4.90 Å². The lowest BCUT2D eigenvalue weighted by molar-refractivity contribution is -0.111. The molecule has 0 unspecified atom stereocenters. The number of halogens is 1. The van der Waals surface area contributed by atoms with E-state index in [9.17, 15) is 4.79 Å². The summed E-state index contributed by atoms with van der Waals surface area (Å²) in [6.45, 7) is 5.94. The van der Waals surface area contributed by atoms with Gasteiger partial charge in [0.2, 0.25) is 5.91 Å². The van der Waals surface area contributed by atoms with E-state index in [1.807, 2.05) is 24.3 Å². The Labute approximate surface area is 202 Å². The highest BCUT2D eigenvalue weighted by molar-refractivity contribution is 6.30. The van der Waals surface area contributed by atoms with Crippen LogP contribution >= 0.6 is 11.6 Å². The molecule has 1 N–H and O–H groups in total. The molecule has 0 bridgehead atoms. The highest BCUT2D eigenvalue weighted by Gasteiger charge is 2.23. The van der Waals surface area contributed by atoms with Crippen LogP contribution in [0.5, 0.6) is 11.5 Å². The van der Waals surface area contributed by atoms with Crippen LogP contribution < -0.4 is 14.8 Å². The van der Waals surface area contributed by atoms with Crippen molar-refractivity contribution < 1.29 is 14.3 Å². The summed E-state index contributed by atoms with van der Waals surface area (Å²) in [4.78, 5) is 14.9. The van der Waals surface area contributed by atoms with Crippen LogP contribution in [0.15, 0.2) is 48.5 Å². The average Bonchev–Trinajstić information content (AvgIpc) is 2.81. The minimum atomic E-state index is -0.227. The summed E-state index contributed by atoms with van der Waals surface area (Å²) in [5, 5.41) is 3.52. The zero-order valence-electron chi connectivity index (χ0n) is 19.9. The van der Waals surface area contributed by atoms with Gasteiger partial charge in [0, 0.05) is 41.5 Å². The normalized spacial score (nSPS) is 14.7. The predicted molar refractivity (Wildman–Crippen MR) is 136 cm³/mol. The maximum absolute atomic E-state index is 12.4. The number of benzene rings is 2. The van der Waals surface area contributed by atoms with Gasteiger partial charge in [0.1, 0.15) is 6.61 Å². The third kappa shape index (κ3) is 7.79. The number of carbonyl (C=O) groups excluding carboxylic acids is 1. The smallest absolute Gasteiger partial charge is 0.248 e. The highest BCUT2D eigenvalue weighted by Crippen LogP contribution is 2.31. The summed E-state index contributed by atoms with van der Waals surface area (Å²) in [5.74, 6) is 1.05. The fourth-order valence-corrected chi connectivity index (χ4v) is 4.57. The molecule has 0 heterocycles. The Kier molecular flexibility index (Phi) is 9.64. The second-order valence-corrected chi connectivity index (χ2v) is 9.15. The van der Waals surface area contributed by atoms with E-state index < -0.39 is 0 Å². The molecule has 1 aliphatic rings. The van der Waals surface area contributed by atoms with Gasteiger partial charge in [0.15, 0.2) is 11.5 Å². The topological polar surface area (TPSA) is 50.8 Å². The molecule has 0 atom stereocenters. The fourth-order valence-electron chi connectivity index (χ4n) is 4.37. The SMILES string of the molecule is COc1ccc(NC(=O)C=Cc2cccc(Cl)c2)cc1OCCN(C(C)C)C1CCCCC1.